The van der Waals surface area contributed by atoms with Gasteiger partial charge in [0.2, 0.25) is 0 Å². The lowest BCUT2D eigenvalue weighted by Gasteiger charge is -2.39. The number of aromatic nitrogens is 2. The standard InChI is InChI=1S/C19H27N5O3.C2H6/c1-13-11-16(20)17(25-2)12-15(13)18-21-19(22-27-18)24-5-3-14(4-6-24)23-7-9-26-10-8-23;1-2/h11-12,14H,3-10,20H2,1-2H3;1-2H3. The summed E-state index contributed by atoms with van der Waals surface area (Å²) < 4.78 is 16.3. The second kappa shape index (κ2) is 9.93. The van der Waals surface area contributed by atoms with E-state index in [1.165, 1.54) is 0 Å². The summed E-state index contributed by atoms with van der Waals surface area (Å²) in [5, 5.41) is 4.21. The Balaban J connectivity index is 0.00000117. The highest BCUT2D eigenvalue weighted by Gasteiger charge is 2.28. The molecule has 1 aromatic carbocycles. The van der Waals surface area contributed by atoms with Crippen LogP contribution in [-0.2, 0) is 4.74 Å². The second-order valence-corrected chi connectivity index (χ2v) is 7.18. The van der Waals surface area contributed by atoms with Gasteiger partial charge in [-0.05, 0) is 42.6 Å². The number of aryl methyl sites for hydroxylation is 1. The lowest BCUT2D eigenvalue weighted by Crippen LogP contribution is -2.49. The summed E-state index contributed by atoms with van der Waals surface area (Å²) in [4.78, 5) is 9.38. The topological polar surface area (TPSA) is 89.9 Å². The van der Waals surface area contributed by atoms with Crippen LogP contribution < -0.4 is 15.4 Å². The van der Waals surface area contributed by atoms with Gasteiger partial charge in [0.05, 0.1) is 26.0 Å². The third kappa shape index (κ3) is 4.82. The number of methoxy groups -OCH3 is 1. The fraction of sp³-hybridized carbons (Fsp3) is 0.619. The molecule has 0 atom stereocenters. The molecule has 0 saturated carbocycles. The molecular formula is C21H33N5O3. The first-order valence-corrected chi connectivity index (χ1v) is 10.5. The molecule has 2 fully saturated rings. The molecule has 160 valence electrons. The van der Waals surface area contributed by atoms with Gasteiger partial charge in [-0.15, -0.1) is 0 Å². The van der Waals surface area contributed by atoms with Gasteiger partial charge in [-0.2, -0.15) is 4.98 Å². The van der Waals surface area contributed by atoms with Gasteiger partial charge in [0, 0.05) is 37.8 Å². The number of rotatable bonds is 4. The van der Waals surface area contributed by atoms with Crippen LogP contribution in [0, 0.1) is 6.92 Å². The number of morpholine rings is 1. The van der Waals surface area contributed by atoms with E-state index in [1.807, 2.05) is 32.9 Å². The van der Waals surface area contributed by atoms with Crippen molar-refractivity contribution >= 4 is 11.6 Å². The van der Waals surface area contributed by atoms with E-state index in [-0.39, 0.29) is 0 Å². The Kier molecular flexibility index (Phi) is 7.33. The van der Waals surface area contributed by atoms with Crippen LogP contribution in [0.4, 0.5) is 11.6 Å². The summed E-state index contributed by atoms with van der Waals surface area (Å²) in [5.41, 5.74) is 8.40. The van der Waals surface area contributed by atoms with E-state index in [0.717, 1.165) is 63.4 Å². The van der Waals surface area contributed by atoms with Crippen molar-refractivity contribution in [3.8, 4) is 17.2 Å². The first-order chi connectivity index (χ1) is 14.2. The van der Waals surface area contributed by atoms with Crippen LogP contribution in [0.5, 0.6) is 5.75 Å². The van der Waals surface area contributed by atoms with Crippen molar-refractivity contribution in [3.63, 3.8) is 0 Å². The SMILES string of the molecule is CC.COc1cc(-c2nc(N3CCC(N4CCOCC4)CC3)no2)c(C)cc1N. The molecule has 0 amide bonds. The monoisotopic (exact) mass is 403 g/mol. The van der Waals surface area contributed by atoms with E-state index < -0.39 is 0 Å². The molecule has 0 aliphatic carbocycles. The molecule has 1 aromatic heterocycles. The number of nitrogen functional groups attached to an aromatic ring is 1. The van der Waals surface area contributed by atoms with Crippen molar-refractivity contribution in [1.29, 1.82) is 0 Å². The van der Waals surface area contributed by atoms with Crippen molar-refractivity contribution < 1.29 is 14.0 Å². The van der Waals surface area contributed by atoms with Crippen LogP contribution in [0.2, 0.25) is 0 Å². The number of nitrogens with zero attached hydrogens (tertiary/aromatic N) is 4. The molecule has 2 N–H and O–H groups in total. The lowest BCUT2D eigenvalue weighted by molar-refractivity contribution is 0.0114. The maximum Gasteiger partial charge on any atom is 0.266 e. The van der Waals surface area contributed by atoms with Gasteiger partial charge < -0.3 is 24.6 Å². The minimum Gasteiger partial charge on any atom is -0.495 e. The maximum atomic E-state index is 5.96. The summed E-state index contributed by atoms with van der Waals surface area (Å²) in [7, 11) is 1.60. The quantitative estimate of drug-likeness (QED) is 0.780. The largest absolute Gasteiger partial charge is 0.495 e. The summed E-state index contributed by atoms with van der Waals surface area (Å²) in [5.74, 6) is 1.76. The molecule has 2 saturated heterocycles. The first-order valence-electron chi connectivity index (χ1n) is 10.5. The van der Waals surface area contributed by atoms with Crippen LogP contribution in [0.1, 0.15) is 32.3 Å². The zero-order chi connectivity index (χ0) is 20.8. The summed E-state index contributed by atoms with van der Waals surface area (Å²) in [6.07, 6.45) is 2.22. The average molecular weight is 404 g/mol. The molecular weight excluding hydrogens is 370 g/mol. The Morgan fingerprint density at radius 2 is 1.79 bits per heavy atom. The molecule has 3 heterocycles. The maximum absolute atomic E-state index is 5.96. The highest BCUT2D eigenvalue weighted by molar-refractivity contribution is 5.69. The smallest absolute Gasteiger partial charge is 0.266 e. The van der Waals surface area contributed by atoms with Crippen molar-refractivity contribution in [2.45, 2.75) is 39.7 Å². The van der Waals surface area contributed by atoms with E-state index in [9.17, 15) is 0 Å². The molecule has 4 rings (SSSR count). The first kappa shape index (κ1) is 21.4. The highest BCUT2D eigenvalue weighted by atomic mass is 16.5. The molecule has 2 aliphatic heterocycles. The summed E-state index contributed by atoms with van der Waals surface area (Å²) >= 11 is 0. The molecule has 0 radical (unpaired) electrons. The molecule has 8 nitrogen and oxygen atoms in total. The Labute approximate surface area is 172 Å². The Hall–Kier alpha value is -2.32. The van der Waals surface area contributed by atoms with Crippen LogP contribution >= 0.6 is 0 Å². The van der Waals surface area contributed by atoms with E-state index >= 15 is 0 Å². The van der Waals surface area contributed by atoms with Crippen molar-refractivity contribution in [3.05, 3.63) is 17.7 Å². The molecule has 2 aliphatic rings. The average Bonchev–Trinajstić information content (AvgIpc) is 3.26. The van der Waals surface area contributed by atoms with Gasteiger partial charge in [-0.1, -0.05) is 13.8 Å². The fourth-order valence-electron chi connectivity index (χ4n) is 3.94. The number of hydrogen-bond acceptors (Lipinski definition) is 8. The summed E-state index contributed by atoms with van der Waals surface area (Å²) in [6, 6.07) is 4.35. The van der Waals surface area contributed by atoms with Crippen LogP contribution in [0.3, 0.4) is 0 Å². The predicted molar refractivity (Wildman–Crippen MR) is 114 cm³/mol. The highest BCUT2D eigenvalue weighted by Crippen LogP contribution is 2.32. The zero-order valence-electron chi connectivity index (χ0n) is 18.0. The van der Waals surface area contributed by atoms with Crippen molar-refractivity contribution in [2.24, 2.45) is 0 Å². The molecule has 2 aromatic rings. The van der Waals surface area contributed by atoms with Gasteiger partial charge in [0.1, 0.15) is 5.75 Å². The Bertz CT molecular complexity index is 781. The fourth-order valence-corrected chi connectivity index (χ4v) is 3.94. The van der Waals surface area contributed by atoms with Gasteiger partial charge in [0.15, 0.2) is 0 Å². The Morgan fingerprint density at radius 1 is 1.10 bits per heavy atom. The van der Waals surface area contributed by atoms with Gasteiger partial charge >= 0.3 is 0 Å². The number of benzene rings is 1. The molecule has 8 heteroatoms. The van der Waals surface area contributed by atoms with E-state index in [2.05, 4.69) is 19.9 Å². The number of ether oxygens (including phenoxy) is 2. The second-order valence-electron chi connectivity index (χ2n) is 7.18. The molecule has 29 heavy (non-hydrogen) atoms. The minimum absolute atomic E-state index is 0.496. The van der Waals surface area contributed by atoms with Crippen molar-refractivity contribution in [1.82, 2.24) is 15.0 Å². The van der Waals surface area contributed by atoms with E-state index in [1.54, 1.807) is 7.11 Å². The predicted octanol–water partition coefficient (Wildman–Crippen LogP) is 2.96. The normalized spacial score (nSPS) is 18.3. The lowest BCUT2D eigenvalue weighted by atomic mass is 10.0. The molecule has 0 spiro atoms. The summed E-state index contributed by atoms with van der Waals surface area (Å²) in [6.45, 7) is 11.6. The minimum atomic E-state index is 0.496. The van der Waals surface area contributed by atoms with Gasteiger partial charge in [-0.3, -0.25) is 4.90 Å². The van der Waals surface area contributed by atoms with Gasteiger partial charge in [-0.25, -0.2) is 0 Å². The number of anilines is 2. The van der Waals surface area contributed by atoms with E-state index in [0.29, 0.717) is 29.3 Å². The van der Waals surface area contributed by atoms with Crippen LogP contribution in [0.25, 0.3) is 11.5 Å². The van der Waals surface area contributed by atoms with Gasteiger partial charge in [0.25, 0.3) is 11.8 Å². The third-order valence-corrected chi connectivity index (χ3v) is 5.53. The zero-order valence-corrected chi connectivity index (χ0v) is 18.0. The van der Waals surface area contributed by atoms with Crippen molar-refractivity contribution in [2.75, 3.05) is 57.1 Å². The third-order valence-electron chi connectivity index (χ3n) is 5.53. The number of hydrogen-bond donors (Lipinski definition) is 1. The van der Waals surface area contributed by atoms with Crippen LogP contribution in [-0.4, -0.2) is 67.6 Å². The number of nitrogens with two attached hydrogens (primary N) is 1. The van der Waals surface area contributed by atoms with E-state index in [4.69, 9.17) is 19.7 Å². The molecule has 0 bridgehead atoms. The number of piperidine rings is 1. The molecule has 0 unspecified atom stereocenters. The Morgan fingerprint density at radius 3 is 2.45 bits per heavy atom. The van der Waals surface area contributed by atoms with Crippen LogP contribution in [0.15, 0.2) is 16.7 Å².